The zero-order valence-electron chi connectivity index (χ0n) is 8.30. The van der Waals surface area contributed by atoms with Gasteiger partial charge in [0.25, 0.3) is 0 Å². The molecule has 1 aliphatic heterocycles. The molecule has 0 N–H and O–H groups in total. The first-order valence-electron chi connectivity index (χ1n) is 4.68. The maximum absolute atomic E-state index is 10.9. The third-order valence-corrected chi connectivity index (χ3v) is 2.01. The predicted octanol–water partition coefficient (Wildman–Crippen LogP) is 2.61. The van der Waals surface area contributed by atoms with E-state index in [4.69, 9.17) is 4.74 Å². The van der Waals surface area contributed by atoms with Crippen LogP contribution in [-0.2, 0) is 9.53 Å². The van der Waals surface area contributed by atoms with Crippen molar-refractivity contribution in [3.63, 3.8) is 0 Å². The van der Waals surface area contributed by atoms with Gasteiger partial charge in [-0.3, -0.25) is 0 Å². The summed E-state index contributed by atoms with van der Waals surface area (Å²) < 4.78 is 4.80. The molecule has 0 atom stereocenters. The zero-order valence-corrected chi connectivity index (χ0v) is 8.30. The SMILES string of the molecule is CC(C)=CCCC1=CC(=O)OCC1. The molecule has 1 aliphatic rings. The summed E-state index contributed by atoms with van der Waals surface area (Å²) in [6.45, 7) is 4.73. The molecule has 0 fully saturated rings. The van der Waals surface area contributed by atoms with Crippen LogP contribution < -0.4 is 0 Å². The second-order valence-electron chi connectivity index (χ2n) is 3.54. The van der Waals surface area contributed by atoms with Crippen molar-refractivity contribution >= 4 is 5.97 Å². The molecule has 0 saturated heterocycles. The summed E-state index contributed by atoms with van der Waals surface area (Å²) in [5.41, 5.74) is 2.55. The van der Waals surface area contributed by atoms with Crippen LogP contribution in [-0.4, -0.2) is 12.6 Å². The highest BCUT2D eigenvalue weighted by Crippen LogP contribution is 2.15. The number of hydrogen-bond donors (Lipinski definition) is 0. The molecular weight excluding hydrogens is 164 g/mol. The average molecular weight is 180 g/mol. The number of esters is 1. The highest BCUT2D eigenvalue weighted by molar-refractivity contribution is 5.83. The van der Waals surface area contributed by atoms with E-state index in [1.54, 1.807) is 6.08 Å². The number of cyclic esters (lactones) is 1. The first-order chi connectivity index (χ1) is 6.18. The molecule has 0 saturated carbocycles. The van der Waals surface area contributed by atoms with Gasteiger partial charge in [0.05, 0.1) is 6.61 Å². The third kappa shape index (κ3) is 3.92. The molecule has 0 aromatic heterocycles. The van der Waals surface area contributed by atoms with Crippen molar-refractivity contribution in [2.24, 2.45) is 0 Å². The van der Waals surface area contributed by atoms with Gasteiger partial charge in [-0.1, -0.05) is 17.2 Å². The van der Waals surface area contributed by atoms with Gasteiger partial charge < -0.3 is 4.74 Å². The van der Waals surface area contributed by atoms with Crippen LogP contribution in [0.1, 0.15) is 33.1 Å². The van der Waals surface area contributed by atoms with Crippen LogP contribution >= 0.6 is 0 Å². The summed E-state index contributed by atoms with van der Waals surface area (Å²) >= 11 is 0. The standard InChI is InChI=1S/C11H16O2/c1-9(2)4-3-5-10-6-7-13-11(12)8-10/h4,8H,3,5-7H2,1-2H3. The Morgan fingerprint density at radius 2 is 2.38 bits per heavy atom. The van der Waals surface area contributed by atoms with Crippen LogP contribution in [0.25, 0.3) is 0 Å². The quantitative estimate of drug-likeness (QED) is 0.493. The highest BCUT2D eigenvalue weighted by Gasteiger charge is 2.08. The summed E-state index contributed by atoms with van der Waals surface area (Å²) in [4.78, 5) is 10.9. The van der Waals surface area contributed by atoms with Gasteiger partial charge in [-0.2, -0.15) is 0 Å². The zero-order chi connectivity index (χ0) is 9.68. The maximum atomic E-state index is 10.9. The number of ether oxygens (including phenoxy) is 1. The molecule has 13 heavy (non-hydrogen) atoms. The first kappa shape index (κ1) is 10.0. The minimum Gasteiger partial charge on any atom is -0.462 e. The van der Waals surface area contributed by atoms with Crippen LogP contribution in [0.3, 0.4) is 0 Å². The fourth-order valence-corrected chi connectivity index (χ4v) is 1.31. The Hall–Kier alpha value is -1.05. The minimum absolute atomic E-state index is 0.182. The van der Waals surface area contributed by atoms with Gasteiger partial charge >= 0.3 is 5.97 Å². The highest BCUT2D eigenvalue weighted by atomic mass is 16.5. The molecule has 1 heterocycles. The molecule has 0 bridgehead atoms. The Kier molecular flexibility index (Phi) is 3.74. The molecule has 0 aliphatic carbocycles. The van der Waals surface area contributed by atoms with E-state index in [1.165, 1.54) is 11.1 Å². The van der Waals surface area contributed by atoms with E-state index in [1.807, 2.05) is 0 Å². The van der Waals surface area contributed by atoms with E-state index in [2.05, 4.69) is 19.9 Å². The van der Waals surface area contributed by atoms with E-state index in [9.17, 15) is 4.79 Å². The summed E-state index contributed by atoms with van der Waals surface area (Å²) in [7, 11) is 0. The van der Waals surface area contributed by atoms with E-state index < -0.39 is 0 Å². The normalized spacial score (nSPS) is 16.2. The fraction of sp³-hybridized carbons (Fsp3) is 0.545. The summed E-state index contributed by atoms with van der Waals surface area (Å²) in [6, 6.07) is 0. The second kappa shape index (κ2) is 4.85. The lowest BCUT2D eigenvalue weighted by atomic mass is 10.0. The molecule has 0 amide bonds. The Bertz CT molecular complexity index is 245. The van der Waals surface area contributed by atoms with Crippen LogP contribution in [0.15, 0.2) is 23.3 Å². The number of rotatable bonds is 3. The first-order valence-corrected chi connectivity index (χ1v) is 4.68. The monoisotopic (exact) mass is 180 g/mol. The molecule has 0 radical (unpaired) electrons. The lowest BCUT2D eigenvalue weighted by Crippen LogP contribution is -2.10. The van der Waals surface area contributed by atoms with Crippen molar-refractivity contribution in [2.75, 3.05) is 6.61 Å². The van der Waals surface area contributed by atoms with Crippen LogP contribution in [0.4, 0.5) is 0 Å². The van der Waals surface area contributed by atoms with E-state index in [0.717, 1.165) is 19.3 Å². The van der Waals surface area contributed by atoms with Gasteiger partial charge in [0.15, 0.2) is 0 Å². The molecule has 2 nitrogen and oxygen atoms in total. The van der Waals surface area contributed by atoms with Crippen molar-refractivity contribution in [1.82, 2.24) is 0 Å². The predicted molar refractivity (Wildman–Crippen MR) is 52.3 cm³/mol. The van der Waals surface area contributed by atoms with E-state index in [-0.39, 0.29) is 5.97 Å². The minimum atomic E-state index is -0.182. The molecule has 0 aromatic rings. The Balaban J connectivity index is 2.36. The van der Waals surface area contributed by atoms with Gasteiger partial charge in [-0.15, -0.1) is 0 Å². The fourth-order valence-electron chi connectivity index (χ4n) is 1.31. The number of hydrogen-bond acceptors (Lipinski definition) is 2. The summed E-state index contributed by atoms with van der Waals surface area (Å²) in [5.74, 6) is -0.182. The number of carbonyl (C=O) groups excluding carboxylic acids is 1. The topological polar surface area (TPSA) is 26.3 Å². The van der Waals surface area contributed by atoms with Crippen molar-refractivity contribution < 1.29 is 9.53 Å². The second-order valence-corrected chi connectivity index (χ2v) is 3.54. The van der Waals surface area contributed by atoms with Crippen LogP contribution in [0.5, 0.6) is 0 Å². The van der Waals surface area contributed by atoms with Gasteiger partial charge in [0, 0.05) is 12.5 Å². The average Bonchev–Trinajstić information content (AvgIpc) is 2.03. The van der Waals surface area contributed by atoms with Crippen molar-refractivity contribution in [2.45, 2.75) is 33.1 Å². The van der Waals surface area contributed by atoms with E-state index in [0.29, 0.717) is 6.61 Å². The molecule has 1 rings (SSSR count). The third-order valence-electron chi connectivity index (χ3n) is 2.01. The molecule has 2 heteroatoms. The smallest absolute Gasteiger partial charge is 0.330 e. The largest absolute Gasteiger partial charge is 0.462 e. The van der Waals surface area contributed by atoms with Crippen LogP contribution in [0, 0.1) is 0 Å². The van der Waals surface area contributed by atoms with Crippen molar-refractivity contribution in [3.8, 4) is 0 Å². The molecule has 0 spiro atoms. The van der Waals surface area contributed by atoms with Crippen LogP contribution in [0.2, 0.25) is 0 Å². The maximum Gasteiger partial charge on any atom is 0.330 e. The Morgan fingerprint density at radius 1 is 1.62 bits per heavy atom. The Labute approximate surface area is 79.3 Å². The summed E-state index contributed by atoms with van der Waals surface area (Å²) in [5, 5.41) is 0. The van der Waals surface area contributed by atoms with E-state index >= 15 is 0 Å². The lowest BCUT2D eigenvalue weighted by Gasteiger charge is -2.11. The molecule has 72 valence electrons. The lowest BCUT2D eigenvalue weighted by molar-refractivity contribution is -0.138. The van der Waals surface area contributed by atoms with Gasteiger partial charge in [-0.05, 0) is 26.7 Å². The van der Waals surface area contributed by atoms with Gasteiger partial charge in [-0.25, -0.2) is 4.79 Å². The van der Waals surface area contributed by atoms with Crippen molar-refractivity contribution in [3.05, 3.63) is 23.3 Å². The van der Waals surface area contributed by atoms with Crippen molar-refractivity contribution in [1.29, 1.82) is 0 Å². The van der Waals surface area contributed by atoms with Gasteiger partial charge in [0.1, 0.15) is 0 Å². The summed E-state index contributed by atoms with van der Waals surface area (Å²) in [6.07, 6.45) is 6.74. The molecule has 0 unspecified atom stereocenters. The molecular formula is C11H16O2. The number of allylic oxidation sites excluding steroid dienone is 2. The van der Waals surface area contributed by atoms with Gasteiger partial charge in [0.2, 0.25) is 0 Å². The molecule has 0 aromatic carbocycles. The Morgan fingerprint density at radius 3 is 3.00 bits per heavy atom. The number of carbonyl (C=O) groups is 1.